The first-order chi connectivity index (χ1) is 5.00. The fourth-order valence-corrected chi connectivity index (χ4v) is 1.05. The van der Waals surface area contributed by atoms with E-state index in [9.17, 15) is 13.2 Å². The van der Waals surface area contributed by atoms with Crippen molar-refractivity contribution in [2.24, 2.45) is 5.92 Å². The van der Waals surface area contributed by atoms with Crippen LogP contribution >= 0.6 is 0 Å². The van der Waals surface area contributed by atoms with E-state index >= 15 is 0 Å². The zero-order valence-electron chi connectivity index (χ0n) is 6.15. The van der Waals surface area contributed by atoms with Gasteiger partial charge in [0.05, 0.1) is 0 Å². The van der Waals surface area contributed by atoms with Gasteiger partial charge in [-0.1, -0.05) is 25.2 Å². The molecular formula is C8H9F3. The predicted molar refractivity (Wildman–Crippen MR) is 37.1 cm³/mol. The number of halogens is 3. The number of hydrogen-bond donors (Lipinski definition) is 0. The van der Waals surface area contributed by atoms with Gasteiger partial charge >= 0.3 is 6.18 Å². The van der Waals surface area contributed by atoms with Gasteiger partial charge in [0.2, 0.25) is 0 Å². The van der Waals surface area contributed by atoms with E-state index in [1.54, 1.807) is 13.0 Å². The van der Waals surface area contributed by atoms with Crippen molar-refractivity contribution < 1.29 is 13.2 Å². The Morgan fingerprint density at radius 1 is 1.45 bits per heavy atom. The standard InChI is InChI=1S/C8H9F3/c1-6-3-2-4-7(5-6)8(9,10)11/h2-4,6H,5H2,1H3/t6-/m0/s1. The second-order valence-electron chi connectivity index (χ2n) is 2.76. The summed E-state index contributed by atoms with van der Waals surface area (Å²) in [5.74, 6) is 0.0108. The highest BCUT2D eigenvalue weighted by Gasteiger charge is 2.34. The summed E-state index contributed by atoms with van der Waals surface area (Å²) < 4.78 is 36.0. The predicted octanol–water partition coefficient (Wildman–Crippen LogP) is 3.07. The molecule has 0 bridgehead atoms. The van der Waals surface area contributed by atoms with E-state index in [1.807, 2.05) is 0 Å². The second-order valence-corrected chi connectivity index (χ2v) is 2.76. The maximum Gasteiger partial charge on any atom is 0.412 e. The van der Waals surface area contributed by atoms with Crippen molar-refractivity contribution in [2.45, 2.75) is 19.5 Å². The largest absolute Gasteiger partial charge is 0.412 e. The third-order valence-electron chi connectivity index (χ3n) is 1.64. The normalized spacial score (nSPS) is 25.1. The van der Waals surface area contributed by atoms with Crippen LogP contribution in [0.2, 0.25) is 0 Å². The van der Waals surface area contributed by atoms with Gasteiger partial charge in [-0.3, -0.25) is 0 Å². The Balaban J connectivity index is 2.75. The van der Waals surface area contributed by atoms with Gasteiger partial charge in [0.25, 0.3) is 0 Å². The third-order valence-corrected chi connectivity index (χ3v) is 1.64. The van der Waals surface area contributed by atoms with Gasteiger partial charge in [-0.05, 0) is 12.3 Å². The van der Waals surface area contributed by atoms with Crippen LogP contribution in [-0.4, -0.2) is 6.18 Å². The summed E-state index contributed by atoms with van der Waals surface area (Å²) in [6.45, 7) is 1.77. The Hall–Kier alpha value is -0.730. The molecule has 1 atom stereocenters. The minimum Gasteiger partial charge on any atom is -0.166 e. The second kappa shape index (κ2) is 2.72. The van der Waals surface area contributed by atoms with E-state index in [4.69, 9.17) is 0 Å². The lowest BCUT2D eigenvalue weighted by atomic mass is 9.96. The van der Waals surface area contributed by atoms with Crippen LogP contribution in [0.1, 0.15) is 13.3 Å². The molecule has 0 spiro atoms. The molecule has 1 aliphatic rings. The summed E-state index contributed by atoms with van der Waals surface area (Å²) in [6, 6.07) is 0. The van der Waals surface area contributed by atoms with Crippen molar-refractivity contribution in [3.8, 4) is 0 Å². The fourth-order valence-electron chi connectivity index (χ4n) is 1.05. The number of alkyl halides is 3. The summed E-state index contributed by atoms with van der Waals surface area (Å²) >= 11 is 0. The lowest BCUT2D eigenvalue weighted by Gasteiger charge is -2.16. The van der Waals surface area contributed by atoms with Crippen molar-refractivity contribution in [3.05, 3.63) is 23.8 Å². The average Bonchev–Trinajstić information content (AvgIpc) is 1.86. The smallest absolute Gasteiger partial charge is 0.166 e. The molecule has 0 N–H and O–H groups in total. The maximum atomic E-state index is 12.0. The van der Waals surface area contributed by atoms with Crippen molar-refractivity contribution in [1.82, 2.24) is 0 Å². The highest BCUT2D eigenvalue weighted by Crippen LogP contribution is 2.32. The van der Waals surface area contributed by atoms with Gasteiger partial charge < -0.3 is 0 Å². The molecule has 0 saturated carbocycles. The highest BCUT2D eigenvalue weighted by atomic mass is 19.4. The minimum atomic E-state index is -4.14. The van der Waals surface area contributed by atoms with Crippen LogP contribution in [0, 0.1) is 5.92 Å². The monoisotopic (exact) mass is 162 g/mol. The van der Waals surface area contributed by atoms with E-state index in [0.29, 0.717) is 0 Å². The summed E-state index contributed by atoms with van der Waals surface area (Å²) in [5, 5.41) is 0. The molecular weight excluding hydrogens is 153 g/mol. The molecule has 0 aliphatic heterocycles. The van der Waals surface area contributed by atoms with Crippen LogP contribution in [0.25, 0.3) is 0 Å². The lowest BCUT2D eigenvalue weighted by Crippen LogP contribution is -2.15. The molecule has 1 aliphatic carbocycles. The van der Waals surface area contributed by atoms with E-state index in [1.165, 1.54) is 6.08 Å². The zero-order valence-corrected chi connectivity index (χ0v) is 6.15. The SMILES string of the molecule is C[C@H]1C=CC=C(C(F)(F)F)C1. The molecule has 0 nitrogen and oxygen atoms in total. The molecule has 0 aromatic heterocycles. The van der Waals surface area contributed by atoms with Crippen molar-refractivity contribution in [2.75, 3.05) is 0 Å². The van der Waals surface area contributed by atoms with Crippen LogP contribution in [0.3, 0.4) is 0 Å². The lowest BCUT2D eigenvalue weighted by molar-refractivity contribution is -0.0949. The first-order valence-electron chi connectivity index (χ1n) is 3.44. The van der Waals surface area contributed by atoms with Gasteiger partial charge in [-0.2, -0.15) is 13.2 Å². The zero-order chi connectivity index (χ0) is 8.48. The number of hydrogen-bond acceptors (Lipinski definition) is 0. The summed E-state index contributed by atoms with van der Waals surface area (Å²) in [5.41, 5.74) is -0.424. The Morgan fingerprint density at radius 2 is 2.09 bits per heavy atom. The Morgan fingerprint density at radius 3 is 2.45 bits per heavy atom. The topological polar surface area (TPSA) is 0 Å². The molecule has 62 valence electrons. The Kier molecular flexibility index (Phi) is 2.07. The van der Waals surface area contributed by atoms with Crippen LogP contribution in [-0.2, 0) is 0 Å². The van der Waals surface area contributed by atoms with Gasteiger partial charge in [0.1, 0.15) is 0 Å². The first kappa shape index (κ1) is 8.37. The molecule has 0 amide bonds. The minimum absolute atomic E-state index is 0.0108. The molecule has 0 heterocycles. The van der Waals surface area contributed by atoms with E-state index in [0.717, 1.165) is 6.08 Å². The van der Waals surface area contributed by atoms with Gasteiger partial charge in [-0.15, -0.1) is 0 Å². The number of rotatable bonds is 0. The molecule has 0 saturated heterocycles. The van der Waals surface area contributed by atoms with E-state index in [2.05, 4.69) is 0 Å². The van der Waals surface area contributed by atoms with Crippen molar-refractivity contribution in [3.63, 3.8) is 0 Å². The number of allylic oxidation sites excluding steroid dienone is 4. The van der Waals surface area contributed by atoms with Crippen LogP contribution < -0.4 is 0 Å². The summed E-state index contributed by atoms with van der Waals surface area (Å²) in [4.78, 5) is 0. The van der Waals surface area contributed by atoms with E-state index in [-0.39, 0.29) is 12.3 Å². The van der Waals surface area contributed by atoms with Crippen LogP contribution in [0.5, 0.6) is 0 Å². The Labute approximate surface area is 63.4 Å². The molecule has 0 unspecified atom stereocenters. The van der Waals surface area contributed by atoms with Gasteiger partial charge in [0.15, 0.2) is 0 Å². The average molecular weight is 162 g/mol. The maximum absolute atomic E-state index is 12.0. The summed E-state index contributed by atoms with van der Waals surface area (Å²) in [6.07, 6.45) is 0.352. The molecule has 0 radical (unpaired) electrons. The Bertz CT molecular complexity index is 198. The van der Waals surface area contributed by atoms with Crippen molar-refractivity contribution >= 4 is 0 Å². The van der Waals surface area contributed by atoms with Crippen molar-refractivity contribution in [1.29, 1.82) is 0 Å². The molecule has 0 fully saturated rings. The van der Waals surface area contributed by atoms with Gasteiger partial charge in [-0.25, -0.2) is 0 Å². The first-order valence-corrected chi connectivity index (χ1v) is 3.44. The van der Waals surface area contributed by atoms with Crippen LogP contribution in [0.4, 0.5) is 13.2 Å². The van der Waals surface area contributed by atoms with E-state index < -0.39 is 11.7 Å². The summed E-state index contributed by atoms with van der Waals surface area (Å²) in [7, 11) is 0. The molecule has 3 heteroatoms. The van der Waals surface area contributed by atoms with Crippen LogP contribution in [0.15, 0.2) is 23.8 Å². The molecule has 0 aromatic carbocycles. The quantitative estimate of drug-likeness (QED) is 0.513. The molecule has 1 rings (SSSR count). The third kappa shape index (κ3) is 2.10. The van der Waals surface area contributed by atoms with Gasteiger partial charge in [0, 0.05) is 5.57 Å². The molecule has 11 heavy (non-hydrogen) atoms. The highest BCUT2D eigenvalue weighted by molar-refractivity contribution is 5.22. The fraction of sp³-hybridized carbons (Fsp3) is 0.500. The molecule has 0 aromatic rings.